The van der Waals surface area contributed by atoms with Crippen molar-refractivity contribution in [2.75, 3.05) is 0 Å². The van der Waals surface area contributed by atoms with Crippen LogP contribution in [0.5, 0.6) is 0 Å². The van der Waals surface area contributed by atoms with Gasteiger partial charge in [-0.3, -0.25) is 4.79 Å². The molecule has 0 aliphatic heterocycles. The van der Waals surface area contributed by atoms with Crippen molar-refractivity contribution in [1.29, 1.82) is 5.26 Å². The minimum atomic E-state index is -0.721. The van der Waals surface area contributed by atoms with Gasteiger partial charge < -0.3 is 5.32 Å². The molecule has 1 aliphatic carbocycles. The molecule has 1 amide bonds. The average Bonchev–Trinajstić information content (AvgIpc) is 3.15. The Balaban J connectivity index is 1.84. The summed E-state index contributed by atoms with van der Waals surface area (Å²) in [5.74, 6) is -0.277. The summed E-state index contributed by atoms with van der Waals surface area (Å²) in [7, 11) is 0. The van der Waals surface area contributed by atoms with Gasteiger partial charge in [-0.25, -0.2) is 4.68 Å². The predicted molar refractivity (Wildman–Crippen MR) is 82.6 cm³/mol. The molecule has 0 bridgehead atoms. The second-order valence-corrected chi connectivity index (χ2v) is 5.77. The molecule has 0 unspecified atom stereocenters. The summed E-state index contributed by atoms with van der Waals surface area (Å²) < 4.78 is 1.74. The monoisotopic (exact) mass is 294 g/mol. The first-order chi connectivity index (χ1) is 10.6. The zero-order valence-electron chi connectivity index (χ0n) is 12.5. The number of rotatable bonds is 3. The average molecular weight is 294 g/mol. The number of amides is 1. The summed E-state index contributed by atoms with van der Waals surface area (Å²) in [6.07, 6.45) is 3.39. The van der Waals surface area contributed by atoms with E-state index in [2.05, 4.69) is 16.5 Å². The third-order valence-corrected chi connectivity index (χ3v) is 4.14. The molecule has 1 N–H and O–H groups in total. The fourth-order valence-corrected chi connectivity index (χ4v) is 2.94. The van der Waals surface area contributed by atoms with Crippen LogP contribution in [-0.2, 0) is 0 Å². The van der Waals surface area contributed by atoms with Crippen LogP contribution in [0.3, 0.4) is 0 Å². The molecule has 112 valence electrons. The van der Waals surface area contributed by atoms with Crippen LogP contribution < -0.4 is 5.32 Å². The van der Waals surface area contributed by atoms with Crippen molar-refractivity contribution in [3.63, 3.8) is 0 Å². The number of carbonyl (C=O) groups is 1. The highest BCUT2D eigenvalue weighted by molar-refractivity contribution is 5.93. The molecule has 1 heterocycles. The van der Waals surface area contributed by atoms with Gasteiger partial charge in [-0.1, -0.05) is 18.2 Å². The lowest BCUT2D eigenvalue weighted by molar-refractivity contribution is 0.0915. The number of aromatic nitrogens is 2. The maximum atomic E-state index is 12.4. The van der Waals surface area contributed by atoms with Crippen LogP contribution in [0.1, 0.15) is 41.9 Å². The Hall–Kier alpha value is -2.61. The summed E-state index contributed by atoms with van der Waals surface area (Å²) in [5.41, 5.74) is 1.42. The number of hydrogen-bond donors (Lipinski definition) is 1. The highest BCUT2D eigenvalue weighted by Crippen LogP contribution is 2.29. The molecule has 1 aromatic carbocycles. The smallest absolute Gasteiger partial charge is 0.273 e. The van der Waals surface area contributed by atoms with Crippen LogP contribution in [0.4, 0.5) is 0 Å². The third kappa shape index (κ3) is 2.60. The van der Waals surface area contributed by atoms with Crippen molar-refractivity contribution < 1.29 is 4.79 Å². The minimum absolute atomic E-state index is 0.277. The number of aryl methyl sites for hydroxylation is 1. The first-order valence-electron chi connectivity index (χ1n) is 7.49. The van der Waals surface area contributed by atoms with Gasteiger partial charge in [0.15, 0.2) is 5.69 Å². The van der Waals surface area contributed by atoms with Crippen LogP contribution in [0, 0.1) is 18.3 Å². The van der Waals surface area contributed by atoms with E-state index in [1.165, 1.54) is 0 Å². The summed E-state index contributed by atoms with van der Waals surface area (Å²) in [6, 6.07) is 13.7. The highest BCUT2D eigenvalue weighted by Gasteiger charge is 2.36. The Morgan fingerprint density at radius 2 is 2.00 bits per heavy atom. The lowest BCUT2D eigenvalue weighted by Crippen LogP contribution is -2.45. The normalized spacial score (nSPS) is 16.2. The van der Waals surface area contributed by atoms with E-state index in [9.17, 15) is 10.1 Å². The molecule has 5 heteroatoms. The molecule has 22 heavy (non-hydrogen) atoms. The van der Waals surface area contributed by atoms with Crippen molar-refractivity contribution in [3.8, 4) is 11.8 Å². The number of nitriles is 1. The topological polar surface area (TPSA) is 70.7 Å². The zero-order chi connectivity index (χ0) is 15.6. The van der Waals surface area contributed by atoms with E-state index in [0.717, 1.165) is 24.2 Å². The molecule has 0 atom stereocenters. The first kappa shape index (κ1) is 14.3. The number of carbonyl (C=O) groups excluding carboxylic acids is 1. The maximum absolute atomic E-state index is 12.4. The molecular weight excluding hydrogens is 276 g/mol. The van der Waals surface area contributed by atoms with Crippen LogP contribution in [0.25, 0.3) is 5.69 Å². The van der Waals surface area contributed by atoms with Gasteiger partial charge in [-0.05, 0) is 50.8 Å². The fourth-order valence-electron chi connectivity index (χ4n) is 2.94. The second-order valence-electron chi connectivity index (χ2n) is 5.77. The zero-order valence-corrected chi connectivity index (χ0v) is 12.5. The fraction of sp³-hybridized carbons (Fsp3) is 0.353. The van der Waals surface area contributed by atoms with E-state index in [4.69, 9.17) is 0 Å². The Kier molecular flexibility index (Phi) is 3.68. The number of benzene rings is 1. The predicted octanol–water partition coefficient (Wildman–Crippen LogP) is 2.75. The molecule has 0 saturated heterocycles. The number of nitrogens with zero attached hydrogens (tertiary/aromatic N) is 3. The van der Waals surface area contributed by atoms with E-state index in [1.54, 1.807) is 10.7 Å². The van der Waals surface area contributed by atoms with E-state index < -0.39 is 5.54 Å². The molecule has 2 aromatic rings. The Bertz CT molecular complexity index is 721. The van der Waals surface area contributed by atoms with E-state index in [-0.39, 0.29) is 5.91 Å². The first-order valence-corrected chi connectivity index (χ1v) is 7.49. The molecule has 1 saturated carbocycles. The maximum Gasteiger partial charge on any atom is 0.273 e. The Morgan fingerprint density at radius 1 is 1.32 bits per heavy atom. The van der Waals surface area contributed by atoms with Gasteiger partial charge in [0.25, 0.3) is 5.91 Å². The lowest BCUT2D eigenvalue weighted by atomic mass is 10.00. The van der Waals surface area contributed by atoms with Crippen molar-refractivity contribution >= 4 is 5.91 Å². The quantitative estimate of drug-likeness (QED) is 0.946. The summed E-state index contributed by atoms with van der Waals surface area (Å²) >= 11 is 0. The van der Waals surface area contributed by atoms with E-state index in [1.807, 2.05) is 37.3 Å². The minimum Gasteiger partial charge on any atom is -0.332 e. The van der Waals surface area contributed by atoms with Gasteiger partial charge in [-0.15, -0.1) is 0 Å². The number of hydrogen-bond acceptors (Lipinski definition) is 3. The second kappa shape index (κ2) is 5.64. The van der Waals surface area contributed by atoms with Crippen molar-refractivity contribution in [3.05, 3.63) is 47.8 Å². The summed E-state index contributed by atoms with van der Waals surface area (Å²) in [4.78, 5) is 12.4. The van der Waals surface area contributed by atoms with Crippen molar-refractivity contribution in [2.24, 2.45) is 0 Å². The van der Waals surface area contributed by atoms with Gasteiger partial charge in [0.2, 0.25) is 0 Å². The van der Waals surface area contributed by atoms with Gasteiger partial charge in [-0.2, -0.15) is 10.4 Å². The van der Waals surface area contributed by atoms with Crippen LogP contribution >= 0.6 is 0 Å². The molecular formula is C17H18N4O. The summed E-state index contributed by atoms with van der Waals surface area (Å²) in [5, 5.41) is 16.6. The largest absolute Gasteiger partial charge is 0.332 e. The number of para-hydroxylation sites is 1. The van der Waals surface area contributed by atoms with Gasteiger partial charge in [0.05, 0.1) is 11.8 Å². The molecule has 5 nitrogen and oxygen atoms in total. The molecule has 0 radical (unpaired) electrons. The molecule has 1 aromatic heterocycles. The van der Waals surface area contributed by atoms with E-state index >= 15 is 0 Å². The Labute approximate surface area is 129 Å². The SMILES string of the molecule is Cc1cc(C(=O)NC2(C#N)CCCC2)nn1-c1ccccc1. The van der Waals surface area contributed by atoms with Crippen LogP contribution in [-0.4, -0.2) is 21.2 Å². The number of nitrogens with one attached hydrogen (secondary N) is 1. The van der Waals surface area contributed by atoms with Crippen molar-refractivity contribution in [1.82, 2.24) is 15.1 Å². The molecule has 3 rings (SSSR count). The van der Waals surface area contributed by atoms with Gasteiger partial charge >= 0.3 is 0 Å². The van der Waals surface area contributed by atoms with E-state index in [0.29, 0.717) is 18.5 Å². The standard InChI is InChI=1S/C17H18N4O/c1-13-11-15(20-21(13)14-7-3-2-4-8-14)16(22)19-17(12-18)9-5-6-10-17/h2-4,7-8,11H,5-6,9-10H2,1H3,(H,19,22). The van der Waals surface area contributed by atoms with Crippen molar-refractivity contribution in [2.45, 2.75) is 38.1 Å². The molecule has 0 spiro atoms. The van der Waals surface area contributed by atoms with Crippen LogP contribution in [0.2, 0.25) is 0 Å². The third-order valence-electron chi connectivity index (χ3n) is 4.14. The summed E-state index contributed by atoms with van der Waals surface area (Å²) in [6.45, 7) is 1.91. The van der Waals surface area contributed by atoms with Gasteiger partial charge in [0.1, 0.15) is 5.54 Å². The van der Waals surface area contributed by atoms with Crippen LogP contribution in [0.15, 0.2) is 36.4 Å². The molecule has 1 aliphatic rings. The van der Waals surface area contributed by atoms with Gasteiger partial charge in [0, 0.05) is 5.69 Å². The highest BCUT2D eigenvalue weighted by atomic mass is 16.2. The molecule has 1 fully saturated rings. The Morgan fingerprint density at radius 3 is 2.64 bits per heavy atom. The lowest BCUT2D eigenvalue weighted by Gasteiger charge is -2.21.